The van der Waals surface area contributed by atoms with Crippen LogP contribution in [0.4, 0.5) is 5.82 Å². The second-order valence-corrected chi connectivity index (χ2v) is 4.38. The van der Waals surface area contributed by atoms with Crippen LogP contribution in [0, 0.1) is 22.7 Å². The van der Waals surface area contributed by atoms with Crippen molar-refractivity contribution in [3.05, 3.63) is 35.4 Å². The maximum Gasteiger partial charge on any atom is 0.301 e. The van der Waals surface area contributed by atoms with E-state index in [1.807, 2.05) is 6.07 Å². The first kappa shape index (κ1) is 15.1. The molecule has 0 saturated heterocycles. The van der Waals surface area contributed by atoms with Gasteiger partial charge in [-0.05, 0) is 24.6 Å². The van der Waals surface area contributed by atoms with Gasteiger partial charge < -0.3 is 9.47 Å². The minimum absolute atomic E-state index is 0.163. The molecule has 1 heterocycles. The summed E-state index contributed by atoms with van der Waals surface area (Å²) in [6, 6.07) is 11.2. The van der Waals surface area contributed by atoms with Crippen molar-refractivity contribution in [1.29, 1.82) is 10.5 Å². The Morgan fingerprint density at radius 1 is 1.14 bits per heavy atom. The normalized spacial score (nSPS) is 9.64. The second kappa shape index (κ2) is 6.47. The Bertz CT molecular complexity index is 771. The lowest BCUT2D eigenvalue weighted by molar-refractivity contribution is -0.377. The molecule has 0 atom stereocenters. The largest absolute Gasteiger partial charge is 0.497 e. The van der Waals surface area contributed by atoms with Crippen LogP contribution >= 0.6 is 0 Å². The Morgan fingerprint density at radius 3 is 2.27 bits per heavy atom. The number of methoxy groups -OCH3 is 1. The van der Waals surface area contributed by atoms with Crippen LogP contribution in [-0.2, 0) is 0 Å². The standard InChI is InChI=1S/C16H14N4O2/c1-3-22-16-13(9-18)14(12(8-17)15(19)20-16)10-4-6-11(21-2)7-5-10/h4-7H,3H2,1-2H3,(H2,19,20)/p+1. The third-order valence-electron chi connectivity index (χ3n) is 3.14. The van der Waals surface area contributed by atoms with Crippen LogP contribution in [0.3, 0.4) is 0 Å². The van der Waals surface area contributed by atoms with Crippen LogP contribution in [0.2, 0.25) is 0 Å². The van der Waals surface area contributed by atoms with Crippen LogP contribution < -0.4 is 20.2 Å². The molecule has 6 heteroatoms. The molecule has 0 aliphatic carbocycles. The lowest BCUT2D eigenvalue weighted by atomic mass is 9.96. The van der Waals surface area contributed by atoms with E-state index in [-0.39, 0.29) is 22.8 Å². The van der Waals surface area contributed by atoms with Gasteiger partial charge >= 0.3 is 5.88 Å². The number of benzene rings is 1. The third-order valence-corrected chi connectivity index (χ3v) is 3.14. The topological polar surface area (TPSA) is 106 Å². The summed E-state index contributed by atoms with van der Waals surface area (Å²) in [7, 11) is 1.57. The Labute approximate surface area is 128 Å². The first-order chi connectivity index (χ1) is 10.7. The van der Waals surface area contributed by atoms with E-state index in [0.29, 0.717) is 23.5 Å². The fraction of sp³-hybridized carbons (Fsp3) is 0.188. The highest BCUT2D eigenvalue weighted by Gasteiger charge is 2.24. The molecule has 2 aromatic rings. The summed E-state index contributed by atoms with van der Waals surface area (Å²) >= 11 is 0. The number of hydrogen-bond donors (Lipinski definition) is 1. The van der Waals surface area contributed by atoms with Crippen molar-refractivity contribution in [3.63, 3.8) is 0 Å². The van der Waals surface area contributed by atoms with Crippen molar-refractivity contribution >= 4 is 5.82 Å². The number of nitriles is 2. The molecule has 1 aromatic carbocycles. The molecule has 0 fully saturated rings. The summed E-state index contributed by atoms with van der Waals surface area (Å²) in [4.78, 5) is 2.77. The zero-order valence-electron chi connectivity index (χ0n) is 12.3. The number of aromatic amines is 1. The average Bonchev–Trinajstić information content (AvgIpc) is 2.54. The molecular weight excluding hydrogens is 280 g/mol. The molecule has 0 spiro atoms. The summed E-state index contributed by atoms with van der Waals surface area (Å²) in [5.41, 5.74) is 7.49. The number of aromatic nitrogens is 1. The predicted molar refractivity (Wildman–Crippen MR) is 80.0 cm³/mol. The minimum atomic E-state index is 0.163. The van der Waals surface area contributed by atoms with E-state index in [2.05, 4.69) is 11.1 Å². The number of pyridine rings is 1. The maximum absolute atomic E-state index is 9.47. The van der Waals surface area contributed by atoms with E-state index in [9.17, 15) is 10.5 Å². The predicted octanol–water partition coefficient (Wildman–Crippen LogP) is 1.90. The smallest absolute Gasteiger partial charge is 0.301 e. The van der Waals surface area contributed by atoms with Crippen LogP contribution in [0.15, 0.2) is 24.3 Å². The van der Waals surface area contributed by atoms with E-state index in [1.54, 1.807) is 38.3 Å². The van der Waals surface area contributed by atoms with Crippen molar-refractivity contribution in [1.82, 2.24) is 0 Å². The van der Waals surface area contributed by atoms with Gasteiger partial charge in [-0.2, -0.15) is 10.5 Å². The number of H-pyrrole nitrogens is 1. The fourth-order valence-electron chi connectivity index (χ4n) is 2.14. The van der Waals surface area contributed by atoms with Gasteiger partial charge in [-0.1, -0.05) is 12.1 Å². The van der Waals surface area contributed by atoms with Gasteiger partial charge in [0, 0.05) is 5.56 Å². The SMILES string of the molecule is CCOc1[nH+]c(N)c(C#N)c(-c2ccc(OC)cc2)c1C#N. The van der Waals surface area contributed by atoms with E-state index in [1.165, 1.54) is 0 Å². The summed E-state index contributed by atoms with van der Waals surface area (Å²) in [6.07, 6.45) is 0. The Kier molecular flexibility index (Phi) is 4.45. The number of nitrogens with zero attached hydrogens (tertiary/aromatic N) is 2. The van der Waals surface area contributed by atoms with Crippen LogP contribution in [-0.4, -0.2) is 13.7 Å². The number of nitrogen functional groups attached to an aromatic ring is 1. The van der Waals surface area contributed by atoms with Gasteiger partial charge in [0.1, 0.15) is 23.5 Å². The van der Waals surface area contributed by atoms with Crippen LogP contribution in [0.1, 0.15) is 18.1 Å². The van der Waals surface area contributed by atoms with Crippen LogP contribution in [0.5, 0.6) is 11.6 Å². The first-order valence-electron chi connectivity index (χ1n) is 6.62. The molecule has 3 N–H and O–H groups in total. The van der Waals surface area contributed by atoms with Crippen molar-refractivity contribution < 1.29 is 14.5 Å². The van der Waals surface area contributed by atoms with Crippen molar-refractivity contribution in [3.8, 4) is 34.9 Å². The Balaban J connectivity index is 2.76. The molecule has 0 radical (unpaired) electrons. The number of ether oxygens (including phenoxy) is 2. The molecule has 0 amide bonds. The Morgan fingerprint density at radius 2 is 1.77 bits per heavy atom. The van der Waals surface area contributed by atoms with Gasteiger partial charge in [0.05, 0.1) is 13.7 Å². The third kappa shape index (κ3) is 2.63. The second-order valence-electron chi connectivity index (χ2n) is 4.38. The van der Waals surface area contributed by atoms with E-state index >= 15 is 0 Å². The quantitative estimate of drug-likeness (QED) is 0.927. The molecule has 0 aliphatic heterocycles. The van der Waals surface area contributed by atoms with Gasteiger partial charge in [0.25, 0.3) is 5.82 Å². The number of nitrogens with one attached hydrogen (secondary N) is 1. The number of anilines is 1. The van der Waals surface area contributed by atoms with Gasteiger partial charge in [0.15, 0.2) is 5.56 Å². The van der Waals surface area contributed by atoms with Gasteiger partial charge in [-0.25, -0.2) is 4.98 Å². The van der Waals surface area contributed by atoms with Crippen molar-refractivity contribution in [2.75, 3.05) is 19.5 Å². The average molecular weight is 295 g/mol. The Hall–Kier alpha value is -3.25. The maximum atomic E-state index is 9.47. The molecule has 6 nitrogen and oxygen atoms in total. The highest BCUT2D eigenvalue weighted by atomic mass is 16.5. The molecule has 0 saturated carbocycles. The molecule has 1 aromatic heterocycles. The highest BCUT2D eigenvalue weighted by molar-refractivity contribution is 5.80. The lowest BCUT2D eigenvalue weighted by Gasteiger charge is -2.10. The minimum Gasteiger partial charge on any atom is -0.497 e. The fourth-order valence-corrected chi connectivity index (χ4v) is 2.14. The summed E-state index contributed by atoms with van der Waals surface area (Å²) < 4.78 is 10.5. The zero-order valence-corrected chi connectivity index (χ0v) is 12.3. The summed E-state index contributed by atoms with van der Waals surface area (Å²) in [5.74, 6) is 1.10. The number of nitrogens with two attached hydrogens (primary N) is 1. The molecule has 0 bridgehead atoms. The molecule has 110 valence electrons. The van der Waals surface area contributed by atoms with Crippen molar-refractivity contribution in [2.45, 2.75) is 6.92 Å². The number of rotatable bonds is 4. The van der Waals surface area contributed by atoms with E-state index in [0.717, 1.165) is 0 Å². The first-order valence-corrected chi connectivity index (χ1v) is 6.62. The zero-order chi connectivity index (χ0) is 16.1. The summed E-state index contributed by atoms with van der Waals surface area (Å²) in [6.45, 7) is 2.18. The monoisotopic (exact) mass is 295 g/mol. The van der Waals surface area contributed by atoms with Crippen LogP contribution in [0.25, 0.3) is 11.1 Å². The highest BCUT2D eigenvalue weighted by Crippen LogP contribution is 2.33. The van der Waals surface area contributed by atoms with E-state index < -0.39 is 0 Å². The van der Waals surface area contributed by atoms with Crippen molar-refractivity contribution in [2.24, 2.45) is 0 Å². The molecule has 22 heavy (non-hydrogen) atoms. The van der Waals surface area contributed by atoms with Gasteiger partial charge in [-0.15, -0.1) is 0 Å². The van der Waals surface area contributed by atoms with Gasteiger partial charge in [-0.3, -0.25) is 5.73 Å². The lowest BCUT2D eigenvalue weighted by Crippen LogP contribution is -2.19. The molecule has 0 unspecified atom stereocenters. The molecule has 2 rings (SSSR count). The van der Waals surface area contributed by atoms with E-state index in [4.69, 9.17) is 15.2 Å². The summed E-state index contributed by atoms with van der Waals surface area (Å²) in [5, 5.41) is 18.9. The number of hydrogen-bond acceptors (Lipinski definition) is 5. The molecule has 0 aliphatic rings. The van der Waals surface area contributed by atoms with Gasteiger partial charge in [0.2, 0.25) is 0 Å². The molecular formula is C16H15N4O2+.